The summed E-state index contributed by atoms with van der Waals surface area (Å²) >= 11 is 0. The van der Waals surface area contributed by atoms with Crippen molar-refractivity contribution in [2.24, 2.45) is 0 Å². The maximum absolute atomic E-state index is 5.71. The third-order valence-corrected chi connectivity index (χ3v) is 17.6. The molecular weight excluding hydrogens is 1010 g/mol. The van der Waals surface area contributed by atoms with Crippen molar-refractivity contribution in [3.8, 4) is 90.0 Å². The van der Waals surface area contributed by atoms with Gasteiger partial charge in [0.1, 0.15) is 0 Å². The Balaban J connectivity index is 1.02. The van der Waals surface area contributed by atoms with Crippen molar-refractivity contribution in [3.05, 3.63) is 254 Å². The number of aromatic nitrogens is 5. The Hall–Kier alpha value is -9.91. The van der Waals surface area contributed by atoms with E-state index in [0.717, 1.165) is 72.6 Å². The van der Waals surface area contributed by atoms with Crippen LogP contribution in [0.2, 0.25) is 0 Å². The van der Waals surface area contributed by atoms with Gasteiger partial charge >= 0.3 is 0 Å². The van der Waals surface area contributed by atoms with E-state index >= 15 is 0 Å². The SMILES string of the molecule is CC(C)(C)c1ccc2c(c1)c1cccc3c1n2-c1cc(-c2nc(-c4cc(-c5ccccc5)cc(-c5ccccc5)c4)nc(-c4cc(-c5ccccc5)cc(-c5ccccc5)c4)n2)cc2c1B3c1cccc3c4cc(C(C)(C)C)ccc4n-2c13. The molecular formula is C77H58BN5. The van der Waals surface area contributed by atoms with Crippen LogP contribution in [0.4, 0.5) is 0 Å². The lowest BCUT2D eigenvalue weighted by Crippen LogP contribution is -2.59. The molecule has 0 bridgehead atoms. The fourth-order valence-corrected chi connectivity index (χ4v) is 13.5. The van der Waals surface area contributed by atoms with Crippen molar-refractivity contribution in [2.45, 2.75) is 52.4 Å². The first-order valence-corrected chi connectivity index (χ1v) is 29.0. The van der Waals surface area contributed by atoms with Crippen LogP contribution in [0, 0.1) is 0 Å². The number of benzene rings is 11. The van der Waals surface area contributed by atoms with Gasteiger partial charge in [-0.05, 0) is 156 Å². The third-order valence-electron chi connectivity index (χ3n) is 17.6. The van der Waals surface area contributed by atoms with Gasteiger partial charge in [0, 0.05) is 60.6 Å². The molecule has 11 aromatic carbocycles. The second-order valence-electron chi connectivity index (χ2n) is 24.9. The minimum atomic E-state index is -0.0315. The summed E-state index contributed by atoms with van der Waals surface area (Å²) in [5, 5.41) is 5.04. The number of hydrogen-bond acceptors (Lipinski definition) is 3. The van der Waals surface area contributed by atoms with Crippen molar-refractivity contribution in [2.75, 3.05) is 0 Å². The summed E-state index contributed by atoms with van der Waals surface area (Å²) in [7, 11) is 0. The highest BCUT2D eigenvalue weighted by molar-refractivity contribution is 7.00. The monoisotopic (exact) mass is 1060 g/mol. The molecule has 83 heavy (non-hydrogen) atoms. The average Bonchev–Trinajstić information content (AvgIpc) is 1.75. The van der Waals surface area contributed by atoms with Crippen LogP contribution in [0.3, 0.4) is 0 Å². The van der Waals surface area contributed by atoms with Gasteiger partial charge in [0.2, 0.25) is 0 Å². The van der Waals surface area contributed by atoms with Gasteiger partial charge < -0.3 is 9.13 Å². The molecule has 16 rings (SSSR count). The zero-order valence-electron chi connectivity index (χ0n) is 47.4. The molecule has 14 aromatic rings. The van der Waals surface area contributed by atoms with E-state index < -0.39 is 0 Å². The molecule has 0 saturated carbocycles. The lowest BCUT2D eigenvalue weighted by Gasteiger charge is -2.34. The van der Waals surface area contributed by atoms with Gasteiger partial charge in [-0.2, -0.15) is 0 Å². The summed E-state index contributed by atoms with van der Waals surface area (Å²) in [4.78, 5) is 17.0. The van der Waals surface area contributed by atoms with Gasteiger partial charge in [-0.3, -0.25) is 0 Å². The summed E-state index contributed by atoms with van der Waals surface area (Å²) in [6.45, 7) is 13.8. The Labute approximate surface area is 484 Å². The van der Waals surface area contributed by atoms with Crippen LogP contribution in [0.15, 0.2) is 243 Å². The van der Waals surface area contributed by atoms with E-state index in [1.807, 2.05) is 0 Å². The first-order chi connectivity index (χ1) is 40.4. The van der Waals surface area contributed by atoms with Crippen LogP contribution in [0.5, 0.6) is 0 Å². The van der Waals surface area contributed by atoms with Crippen LogP contribution in [-0.2, 0) is 10.8 Å². The lowest BCUT2D eigenvalue weighted by atomic mass is 9.34. The normalized spacial score (nSPS) is 12.7. The quantitative estimate of drug-likeness (QED) is 0.149. The first kappa shape index (κ1) is 49.0. The molecule has 0 fully saturated rings. The molecule has 6 heteroatoms. The molecule has 0 aliphatic carbocycles. The van der Waals surface area contributed by atoms with Gasteiger partial charge in [-0.1, -0.05) is 211 Å². The van der Waals surface area contributed by atoms with Gasteiger partial charge in [0.15, 0.2) is 17.5 Å². The Morgan fingerprint density at radius 3 is 0.952 bits per heavy atom. The standard InChI is InChI=1S/C77H58BN5/c1-76(2,3)58-33-35-66-62(45-58)60-29-19-31-64-71(60)82(66)68-43-57(44-69-70(68)78(64)65-32-20-30-61-63-46-59(77(4,5)6)34-36-67(63)83(69)72(61)65)75-80-73(55-39-51(47-21-11-7-12-22-47)37-52(40-55)48-23-13-8-14-24-48)79-74(81-75)56-41-53(49-25-15-9-16-26-49)38-54(42-56)50-27-17-10-18-28-50/h7-46H,1-6H3. The number of nitrogens with zero attached hydrogens (tertiary/aromatic N) is 5. The maximum Gasteiger partial charge on any atom is 0.252 e. The van der Waals surface area contributed by atoms with Crippen molar-refractivity contribution in [1.29, 1.82) is 0 Å². The van der Waals surface area contributed by atoms with Gasteiger partial charge in [0.25, 0.3) is 6.71 Å². The Kier molecular flexibility index (Phi) is 10.8. The molecule has 0 radical (unpaired) electrons. The average molecular weight is 1060 g/mol. The molecule has 0 spiro atoms. The van der Waals surface area contributed by atoms with Crippen molar-refractivity contribution >= 4 is 66.7 Å². The number of fused-ring (bicyclic) bond motifs is 10. The lowest BCUT2D eigenvalue weighted by molar-refractivity contribution is 0.591. The fourth-order valence-electron chi connectivity index (χ4n) is 13.5. The van der Waals surface area contributed by atoms with E-state index in [1.54, 1.807) is 0 Å². The van der Waals surface area contributed by atoms with Gasteiger partial charge in [-0.15, -0.1) is 0 Å². The highest BCUT2D eigenvalue weighted by Crippen LogP contribution is 2.44. The Bertz CT molecular complexity index is 4540. The summed E-state index contributed by atoms with van der Waals surface area (Å²) < 4.78 is 5.13. The molecule has 5 nitrogen and oxygen atoms in total. The Morgan fingerprint density at radius 1 is 0.289 bits per heavy atom. The van der Waals surface area contributed by atoms with Crippen LogP contribution < -0.4 is 16.4 Å². The van der Waals surface area contributed by atoms with Crippen LogP contribution >= 0.6 is 0 Å². The Morgan fingerprint density at radius 2 is 0.614 bits per heavy atom. The largest absolute Gasteiger partial charge is 0.310 e. The second kappa shape index (κ2) is 18.3. The summed E-state index contributed by atoms with van der Waals surface area (Å²) in [5.74, 6) is 1.79. The van der Waals surface area contributed by atoms with Crippen molar-refractivity contribution < 1.29 is 0 Å². The molecule has 5 heterocycles. The molecule has 2 aliphatic heterocycles. The van der Waals surface area contributed by atoms with Gasteiger partial charge in [0.05, 0.1) is 11.0 Å². The zero-order valence-corrected chi connectivity index (χ0v) is 47.4. The van der Waals surface area contributed by atoms with Crippen molar-refractivity contribution in [3.63, 3.8) is 0 Å². The summed E-state index contributed by atoms with van der Waals surface area (Å²) in [6.07, 6.45) is 0. The number of hydrogen-bond donors (Lipinski definition) is 0. The number of para-hydroxylation sites is 2. The zero-order chi connectivity index (χ0) is 55.9. The van der Waals surface area contributed by atoms with E-state index in [4.69, 9.17) is 15.0 Å². The molecule has 2 aliphatic rings. The molecule has 0 atom stereocenters. The van der Waals surface area contributed by atoms with Gasteiger partial charge in [-0.25, -0.2) is 15.0 Å². The topological polar surface area (TPSA) is 48.5 Å². The van der Waals surface area contributed by atoms with E-state index in [-0.39, 0.29) is 17.5 Å². The molecule has 3 aromatic heterocycles. The van der Waals surface area contributed by atoms with Crippen molar-refractivity contribution in [1.82, 2.24) is 24.1 Å². The predicted molar refractivity (Wildman–Crippen MR) is 349 cm³/mol. The highest BCUT2D eigenvalue weighted by atomic mass is 15.1. The van der Waals surface area contributed by atoms with Crippen LogP contribution in [-0.4, -0.2) is 30.8 Å². The smallest absolute Gasteiger partial charge is 0.252 e. The van der Waals surface area contributed by atoms with E-state index in [2.05, 4.69) is 293 Å². The van der Waals surface area contributed by atoms with Crippen LogP contribution in [0.25, 0.3) is 134 Å². The fraction of sp³-hybridized carbons (Fsp3) is 0.104. The number of rotatable bonds is 7. The predicted octanol–water partition coefficient (Wildman–Crippen LogP) is 17.5. The minimum Gasteiger partial charge on any atom is -0.310 e. The maximum atomic E-state index is 5.71. The van der Waals surface area contributed by atoms with E-state index in [0.29, 0.717) is 17.5 Å². The third kappa shape index (κ3) is 7.87. The van der Waals surface area contributed by atoms with Crippen LogP contribution in [0.1, 0.15) is 52.7 Å². The van der Waals surface area contributed by atoms with E-state index in [1.165, 1.54) is 71.1 Å². The molecule has 0 saturated heterocycles. The highest BCUT2D eigenvalue weighted by Gasteiger charge is 2.41. The summed E-state index contributed by atoms with van der Waals surface area (Å²) in [6, 6.07) is 89.2. The second-order valence-corrected chi connectivity index (χ2v) is 24.9. The minimum absolute atomic E-state index is 0.0296. The summed E-state index contributed by atoms with van der Waals surface area (Å²) in [5.41, 5.74) is 25.2. The molecule has 0 amide bonds. The molecule has 394 valence electrons. The molecule has 0 N–H and O–H groups in total. The first-order valence-electron chi connectivity index (χ1n) is 29.0. The molecule has 0 unspecified atom stereocenters. The van der Waals surface area contributed by atoms with E-state index in [9.17, 15) is 0 Å².